The quantitative estimate of drug-likeness (QED) is 0.767. The lowest BCUT2D eigenvalue weighted by atomic mass is 9.70. The molecule has 0 aliphatic heterocycles. The molecule has 2 aliphatic rings. The van der Waals surface area contributed by atoms with Crippen LogP contribution >= 0.6 is 0 Å². The summed E-state index contributed by atoms with van der Waals surface area (Å²) in [6, 6.07) is 0. The highest BCUT2D eigenvalue weighted by atomic mass is 32.2. The van der Waals surface area contributed by atoms with Crippen molar-refractivity contribution in [2.45, 2.75) is 33.1 Å². The third-order valence-corrected chi connectivity index (χ3v) is 7.09. The van der Waals surface area contributed by atoms with E-state index in [1.54, 1.807) is 0 Å². The summed E-state index contributed by atoms with van der Waals surface area (Å²) in [6.45, 7) is 4.11. The molecular weight excluding hydrogens is 238 g/mol. The van der Waals surface area contributed by atoms with Crippen molar-refractivity contribution in [3.8, 4) is 0 Å². The maximum absolute atomic E-state index is 12.2. The molecule has 17 heavy (non-hydrogen) atoms. The number of carbonyl (C=O) groups excluding carboxylic acids is 1. The lowest BCUT2D eigenvalue weighted by molar-refractivity contribution is -0.128. The van der Waals surface area contributed by atoms with Gasteiger partial charge in [-0.25, -0.2) is 12.7 Å². The molecule has 2 saturated carbocycles. The normalized spacial score (nSPS) is 35.8. The standard InChI is InChI=1S/C12H21NO3S/c1-11(2)9-5-6-12(11,10(14)7-9)8-17(15,16)13(3)4/h9H,5-8H2,1-4H3/t9?,12-/m0/s1. The molecule has 5 heteroatoms. The molecule has 0 aromatic heterocycles. The number of fused-ring (bicyclic) bond motifs is 2. The highest BCUT2D eigenvalue weighted by Crippen LogP contribution is 2.64. The number of ketones is 1. The number of nitrogens with zero attached hydrogens (tertiary/aromatic N) is 1. The van der Waals surface area contributed by atoms with Crippen LogP contribution in [0.15, 0.2) is 0 Å². The number of Topliss-reactive ketones (excluding diaryl/α,β-unsaturated/α-hetero) is 1. The van der Waals surface area contributed by atoms with Crippen molar-refractivity contribution in [1.29, 1.82) is 0 Å². The maximum Gasteiger partial charge on any atom is 0.214 e. The van der Waals surface area contributed by atoms with Gasteiger partial charge in [-0.15, -0.1) is 0 Å². The van der Waals surface area contributed by atoms with Gasteiger partial charge in [-0.05, 0) is 24.2 Å². The molecule has 2 fully saturated rings. The molecule has 0 saturated heterocycles. The van der Waals surface area contributed by atoms with E-state index < -0.39 is 15.4 Å². The number of carbonyl (C=O) groups is 1. The third kappa shape index (κ3) is 1.58. The van der Waals surface area contributed by atoms with Crippen molar-refractivity contribution in [3.05, 3.63) is 0 Å². The summed E-state index contributed by atoms with van der Waals surface area (Å²) >= 11 is 0. The molecule has 2 atom stereocenters. The zero-order valence-electron chi connectivity index (χ0n) is 11.0. The Kier molecular flexibility index (Phi) is 2.71. The van der Waals surface area contributed by atoms with Crippen LogP contribution in [-0.4, -0.2) is 38.4 Å². The van der Waals surface area contributed by atoms with Gasteiger partial charge in [0, 0.05) is 25.9 Å². The lowest BCUT2D eigenvalue weighted by Gasteiger charge is -2.36. The number of rotatable bonds is 3. The van der Waals surface area contributed by atoms with Gasteiger partial charge in [-0.2, -0.15) is 0 Å². The first-order chi connectivity index (χ1) is 7.63. The van der Waals surface area contributed by atoms with Gasteiger partial charge in [-0.1, -0.05) is 13.8 Å². The molecule has 2 bridgehead atoms. The van der Waals surface area contributed by atoms with Gasteiger partial charge in [0.1, 0.15) is 5.78 Å². The summed E-state index contributed by atoms with van der Waals surface area (Å²) in [5, 5.41) is 0. The van der Waals surface area contributed by atoms with Crippen molar-refractivity contribution < 1.29 is 13.2 Å². The van der Waals surface area contributed by atoms with Gasteiger partial charge in [0.25, 0.3) is 0 Å². The van der Waals surface area contributed by atoms with Crippen LogP contribution in [0.5, 0.6) is 0 Å². The van der Waals surface area contributed by atoms with Crippen LogP contribution in [0, 0.1) is 16.7 Å². The fraction of sp³-hybridized carbons (Fsp3) is 0.917. The molecule has 0 amide bonds. The molecule has 0 spiro atoms. The molecule has 4 nitrogen and oxygen atoms in total. The smallest absolute Gasteiger partial charge is 0.214 e. The Morgan fingerprint density at radius 3 is 2.29 bits per heavy atom. The van der Waals surface area contributed by atoms with Gasteiger partial charge < -0.3 is 0 Å². The average Bonchev–Trinajstić information content (AvgIpc) is 2.50. The van der Waals surface area contributed by atoms with Crippen LogP contribution in [0.3, 0.4) is 0 Å². The van der Waals surface area contributed by atoms with Gasteiger partial charge in [0.2, 0.25) is 10.0 Å². The predicted molar refractivity (Wildman–Crippen MR) is 66.0 cm³/mol. The van der Waals surface area contributed by atoms with Gasteiger partial charge in [0.05, 0.1) is 5.75 Å². The summed E-state index contributed by atoms with van der Waals surface area (Å²) in [6.07, 6.45) is 2.29. The minimum atomic E-state index is -3.32. The summed E-state index contributed by atoms with van der Waals surface area (Å²) in [4.78, 5) is 12.2. The van der Waals surface area contributed by atoms with E-state index in [0.717, 1.165) is 12.8 Å². The average molecular weight is 259 g/mol. The van der Waals surface area contributed by atoms with E-state index in [2.05, 4.69) is 13.8 Å². The maximum atomic E-state index is 12.2. The first-order valence-electron chi connectivity index (χ1n) is 6.07. The second kappa shape index (κ2) is 3.54. The predicted octanol–water partition coefficient (Wildman–Crippen LogP) is 1.27. The Balaban J connectivity index is 2.40. The molecule has 0 N–H and O–H groups in total. The SMILES string of the molecule is CN(C)S(=O)(=O)C[C@@]12CCC(CC1=O)C2(C)C. The van der Waals surface area contributed by atoms with Crippen LogP contribution in [0.4, 0.5) is 0 Å². The Bertz CT molecular complexity index is 452. The molecule has 0 aromatic rings. The van der Waals surface area contributed by atoms with Crippen LogP contribution in [0.2, 0.25) is 0 Å². The second-order valence-corrected chi connectivity index (χ2v) is 8.39. The summed E-state index contributed by atoms with van der Waals surface area (Å²) in [7, 11) is -0.252. The fourth-order valence-electron chi connectivity index (χ4n) is 3.55. The van der Waals surface area contributed by atoms with Crippen molar-refractivity contribution >= 4 is 15.8 Å². The molecule has 98 valence electrons. The molecule has 0 heterocycles. The van der Waals surface area contributed by atoms with Crippen LogP contribution in [-0.2, 0) is 14.8 Å². The summed E-state index contributed by atoms with van der Waals surface area (Å²) in [5.41, 5.74) is -0.812. The highest BCUT2D eigenvalue weighted by Gasteiger charge is 2.65. The molecule has 0 radical (unpaired) electrons. The molecular formula is C12H21NO3S. The van der Waals surface area contributed by atoms with E-state index in [1.807, 2.05) is 0 Å². The Morgan fingerprint density at radius 2 is 1.94 bits per heavy atom. The Morgan fingerprint density at radius 1 is 1.35 bits per heavy atom. The fourth-order valence-corrected chi connectivity index (χ4v) is 5.11. The van der Waals surface area contributed by atoms with Crippen LogP contribution in [0.1, 0.15) is 33.1 Å². The second-order valence-electron chi connectivity index (χ2n) is 6.21. The summed E-state index contributed by atoms with van der Waals surface area (Å²) < 4.78 is 25.4. The van der Waals surface area contributed by atoms with Crippen molar-refractivity contribution in [2.75, 3.05) is 19.8 Å². The minimum absolute atomic E-state index is 0.0185. The van der Waals surface area contributed by atoms with Gasteiger partial charge in [-0.3, -0.25) is 4.79 Å². The van der Waals surface area contributed by atoms with E-state index in [-0.39, 0.29) is 17.0 Å². The van der Waals surface area contributed by atoms with E-state index in [4.69, 9.17) is 0 Å². The number of hydrogen-bond acceptors (Lipinski definition) is 3. The van der Waals surface area contributed by atoms with Crippen LogP contribution in [0.25, 0.3) is 0 Å². The topological polar surface area (TPSA) is 54.5 Å². The van der Waals surface area contributed by atoms with E-state index >= 15 is 0 Å². The first kappa shape index (κ1) is 13.0. The van der Waals surface area contributed by atoms with E-state index in [1.165, 1.54) is 18.4 Å². The first-order valence-corrected chi connectivity index (χ1v) is 7.68. The molecule has 2 rings (SSSR count). The zero-order valence-corrected chi connectivity index (χ0v) is 11.8. The summed E-state index contributed by atoms with van der Waals surface area (Å²) in [5.74, 6) is 0.506. The van der Waals surface area contributed by atoms with E-state index in [0.29, 0.717) is 12.3 Å². The Hall–Kier alpha value is -0.420. The lowest BCUT2D eigenvalue weighted by Crippen LogP contribution is -2.45. The minimum Gasteiger partial charge on any atom is -0.299 e. The number of sulfonamides is 1. The Labute approximate surface area is 103 Å². The highest BCUT2D eigenvalue weighted by molar-refractivity contribution is 7.89. The monoisotopic (exact) mass is 259 g/mol. The molecule has 0 aromatic carbocycles. The van der Waals surface area contributed by atoms with Crippen molar-refractivity contribution in [3.63, 3.8) is 0 Å². The van der Waals surface area contributed by atoms with E-state index in [9.17, 15) is 13.2 Å². The molecule has 2 aliphatic carbocycles. The molecule has 1 unspecified atom stereocenters. The van der Waals surface area contributed by atoms with Crippen molar-refractivity contribution in [2.24, 2.45) is 16.7 Å². The van der Waals surface area contributed by atoms with Crippen LogP contribution < -0.4 is 0 Å². The van der Waals surface area contributed by atoms with Gasteiger partial charge >= 0.3 is 0 Å². The zero-order chi connectivity index (χ0) is 13.1. The largest absolute Gasteiger partial charge is 0.299 e. The van der Waals surface area contributed by atoms with Crippen molar-refractivity contribution in [1.82, 2.24) is 4.31 Å². The van der Waals surface area contributed by atoms with Gasteiger partial charge in [0.15, 0.2) is 0 Å². The third-order valence-electron chi connectivity index (χ3n) is 5.12. The number of hydrogen-bond donors (Lipinski definition) is 0.